The Morgan fingerprint density at radius 2 is 1.79 bits per heavy atom. The molecule has 1 aromatic carbocycles. The van der Waals surface area contributed by atoms with E-state index in [0.29, 0.717) is 6.04 Å². The molecule has 0 aliphatic rings. The minimum atomic E-state index is 0.303. The van der Waals surface area contributed by atoms with Crippen LogP contribution in [-0.2, 0) is 11.2 Å². The Hall–Kier alpha value is -0.860. The van der Waals surface area contributed by atoms with E-state index in [1.807, 2.05) is 7.05 Å². The van der Waals surface area contributed by atoms with Gasteiger partial charge in [-0.1, -0.05) is 57.4 Å². The second-order valence-electron chi connectivity index (χ2n) is 5.11. The lowest BCUT2D eigenvalue weighted by atomic mass is 10.0. The van der Waals surface area contributed by atoms with Crippen LogP contribution < -0.4 is 5.32 Å². The molecule has 0 radical (unpaired) electrons. The number of hydrogen-bond acceptors (Lipinski definition) is 2. The molecule has 0 heterocycles. The Bertz CT molecular complexity index is 321. The van der Waals surface area contributed by atoms with Crippen molar-refractivity contribution in [1.82, 2.24) is 5.32 Å². The van der Waals surface area contributed by atoms with E-state index in [0.717, 1.165) is 19.6 Å². The first-order valence-corrected chi connectivity index (χ1v) is 7.65. The van der Waals surface area contributed by atoms with Crippen LogP contribution in [0.5, 0.6) is 0 Å². The van der Waals surface area contributed by atoms with Crippen LogP contribution in [0.2, 0.25) is 0 Å². The Morgan fingerprint density at radius 1 is 1.05 bits per heavy atom. The number of hydrogen-bond donors (Lipinski definition) is 1. The van der Waals surface area contributed by atoms with Crippen LogP contribution in [0.4, 0.5) is 0 Å². The van der Waals surface area contributed by atoms with Gasteiger partial charge in [0, 0.05) is 6.61 Å². The average molecular weight is 263 g/mol. The Kier molecular flexibility index (Phi) is 8.52. The molecule has 1 N–H and O–H groups in total. The van der Waals surface area contributed by atoms with E-state index < -0.39 is 0 Å². The summed E-state index contributed by atoms with van der Waals surface area (Å²) in [5.74, 6) is 0. The fourth-order valence-electron chi connectivity index (χ4n) is 2.21. The largest absolute Gasteiger partial charge is 0.379 e. The molecule has 0 saturated carbocycles. The summed E-state index contributed by atoms with van der Waals surface area (Å²) in [7, 11) is 2.00. The number of ether oxygens (including phenoxy) is 1. The van der Waals surface area contributed by atoms with E-state index >= 15 is 0 Å². The van der Waals surface area contributed by atoms with Crippen LogP contribution in [-0.4, -0.2) is 20.3 Å². The second kappa shape index (κ2) is 9.99. The minimum Gasteiger partial charge on any atom is -0.379 e. The van der Waals surface area contributed by atoms with E-state index in [1.54, 1.807) is 0 Å². The monoisotopic (exact) mass is 263 g/mol. The molecule has 1 atom stereocenters. The minimum absolute atomic E-state index is 0.303. The molecule has 0 saturated heterocycles. The summed E-state index contributed by atoms with van der Waals surface area (Å²) in [6.45, 7) is 6.07. The topological polar surface area (TPSA) is 21.3 Å². The number of rotatable bonds is 10. The van der Waals surface area contributed by atoms with Gasteiger partial charge in [0.15, 0.2) is 0 Å². The standard InChI is InChI=1S/C17H29NO/c1-4-6-7-13-19-14-17(18-3)16-11-9-15(8-5-2)10-12-16/h9-12,17-18H,4-8,13-14H2,1-3H3. The van der Waals surface area contributed by atoms with Crippen LogP contribution in [0.25, 0.3) is 0 Å². The van der Waals surface area contributed by atoms with Crippen molar-refractivity contribution in [1.29, 1.82) is 0 Å². The van der Waals surface area contributed by atoms with Gasteiger partial charge in [-0.3, -0.25) is 0 Å². The maximum atomic E-state index is 5.76. The lowest BCUT2D eigenvalue weighted by Crippen LogP contribution is -2.22. The van der Waals surface area contributed by atoms with Crippen molar-refractivity contribution in [3.63, 3.8) is 0 Å². The highest BCUT2D eigenvalue weighted by molar-refractivity contribution is 5.25. The van der Waals surface area contributed by atoms with E-state index in [1.165, 1.54) is 36.8 Å². The van der Waals surface area contributed by atoms with E-state index in [-0.39, 0.29) is 0 Å². The molecule has 1 rings (SSSR count). The number of unbranched alkanes of at least 4 members (excludes halogenated alkanes) is 2. The first-order chi connectivity index (χ1) is 9.31. The number of aryl methyl sites for hydroxylation is 1. The maximum absolute atomic E-state index is 5.76. The third-order valence-corrected chi connectivity index (χ3v) is 3.45. The summed E-state index contributed by atoms with van der Waals surface area (Å²) in [4.78, 5) is 0. The summed E-state index contributed by atoms with van der Waals surface area (Å²) in [5, 5.41) is 3.34. The third-order valence-electron chi connectivity index (χ3n) is 3.45. The zero-order chi connectivity index (χ0) is 13.9. The summed E-state index contributed by atoms with van der Waals surface area (Å²) in [6.07, 6.45) is 6.05. The van der Waals surface area contributed by atoms with Gasteiger partial charge in [-0.15, -0.1) is 0 Å². The predicted octanol–water partition coefficient (Wildman–Crippen LogP) is 4.11. The molecule has 0 aliphatic heterocycles. The zero-order valence-electron chi connectivity index (χ0n) is 12.7. The fourth-order valence-corrected chi connectivity index (χ4v) is 2.21. The average Bonchev–Trinajstić information content (AvgIpc) is 2.44. The fraction of sp³-hybridized carbons (Fsp3) is 0.647. The molecule has 19 heavy (non-hydrogen) atoms. The second-order valence-corrected chi connectivity index (χ2v) is 5.11. The molecule has 0 fully saturated rings. The Balaban J connectivity index is 2.40. The van der Waals surface area contributed by atoms with Gasteiger partial charge in [-0.25, -0.2) is 0 Å². The molecular weight excluding hydrogens is 234 g/mol. The van der Waals surface area contributed by atoms with Crippen LogP contribution in [0.1, 0.15) is 56.7 Å². The van der Waals surface area contributed by atoms with Crippen LogP contribution in [0, 0.1) is 0 Å². The smallest absolute Gasteiger partial charge is 0.0661 e. The van der Waals surface area contributed by atoms with Crippen molar-refractivity contribution in [3.05, 3.63) is 35.4 Å². The number of likely N-dealkylation sites (N-methyl/N-ethyl adjacent to an activating group) is 1. The number of nitrogens with one attached hydrogen (secondary N) is 1. The first-order valence-electron chi connectivity index (χ1n) is 7.65. The van der Waals surface area contributed by atoms with Gasteiger partial charge in [-0.2, -0.15) is 0 Å². The highest BCUT2D eigenvalue weighted by Crippen LogP contribution is 2.15. The predicted molar refractivity (Wildman–Crippen MR) is 82.6 cm³/mol. The molecule has 0 amide bonds. The highest BCUT2D eigenvalue weighted by atomic mass is 16.5. The molecule has 2 heteroatoms. The van der Waals surface area contributed by atoms with Crippen molar-refractivity contribution < 1.29 is 4.74 Å². The van der Waals surface area contributed by atoms with Crippen molar-refractivity contribution in [3.8, 4) is 0 Å². The normalized spacial score (nSPS) is 12.6. The van der Waals surface area contributed by atoms with Crippen LogP contribution >= 0.6 is 0 Å². The van der Waals surface area contributed by atoms with E-state index in [9.17, 15) is 0 Å². The maximum Gasteiger partial charge on any atom is 0.0661 e. The third kappa shape index (κ3) is 6.22. The van der Waals surface area contributed by atoms with Gasteiger partial charge in [0.05, 0.1) is 12.6 Å². The van der Waals surface area contributed by atoms with Crippen molar-refractivity contribution in [2.75, 3.05) is 20.3 Å². The quantitative estimate of drug-likeness (QED) is 0.642. The van der Waals surface area contributed by atoms with Gasteiger partial charge in [0.2, 0.25) is 0 Å². The molecule has 2 nitrogen and oxygen atoms in total. The van der Waals surface area contributed by atoms with E-state index in [4.69, 9.17) is 4.74 Å². The summed E-state index contributed by atoms with van der Waals surface area (Å²) < 4.78 is 5.76. The summed E-state index contributed by atoms with van der Waals surface area (Å²) in [6, 6.07) is 9.22. The highest BCUT2D eigenvalue weighted by Gasteiger charge is 2.08. The van der Waals surface area contributed by atoms with Gasteiger partial charge in [0.1, 0.15) is 0 Å². The first kappa shape index (κ1) is 16.2. The van der Waals surface area contributed by atoms with Crippen molar-refractivity contribution >= 4 is 0 Å². The van der Waals surface area contributed by atoms with Gasteiger partial charge in [0.25, 0.3) is 0 Å². The molecule has 0 bridgehead atoms. The van der Waals surface area contributed by atoms with Crippen LogP contribution in [0.3, 0.4) is 0 Å². The van der Waals surface area contributed by atoms with Gasteiger partial charge in [-0.05, 0) is 31.0 Å². The van der Waals surface area contributed by atoms with Gasteiger partial charge >= 0.3 is 0 Å². The molecule has 0 aromatic heterocycles. The Labute approximate surface area is 118 Å². The van der Waals surface area contributed by atoms with Crippen LogP contribution in [0.15, 0.2) is 24.3 Å². The molecular formula is C17H29NO. The molecule has 0 aliphatic carbocycles. The van der Waals surface area contributed by atoms with Gasteiger partial charge < -0.3 is 10.1 Å². The van der Waals surface area contributed by atoms with Crippen molar-refractivity contribution in [2.45, 2.75) is 52.0 Å². The lowest BCUT2D eigenvalue weighted by Gasteiger charge is -2.17. The number of benzene rings is 1. The molecule has 0 spiro atoms. The zero-order valence-corrected chi connectivity index (χ0v) is 12.7. The molecule has 108 valence electrons. The molecule has 1 unspecified atom stereocenters. The van der Waals surface area contributed by atoms with E-state index in [2.05, 4.69) is 43.4 Å². The SMILES string of the molecule is CCCCCOCC(NC)c1ccc(CCC)cc1. The summed E-state index contributed by atoms with van der Waals surface area (Å²) >= 11 is 0. The van der Waals surface area contributed by atoms with Crippen molar-refractivity contribution in [2.24, 2.45) is 0 Å². The molecule has 1 aromatic rings. The lowest BCUT2D eigenvalue weighted by molar-refractivity contribution is 0.110. The Morgan fingerprint density at radius 3 is 2.37 bits per heavy atom. The summed E-state index contributed by atoms with van der Waals surface area (Å²) in [5.41, 5.74) is 2.74.